The number of amides is 2. The van der Waals surface area contributed by atoms with E-state index in [-0.39, 0.29) is 34.1 Å². The van der Waals surface area contributed by atoms with Crippen LogP contribution in [0.5, 0.6) is 11.5 Å². The molecule has 0 spiro atoms. The number of carbonyl (C=O) groups is 4. The lowest BCUT2D eigenvalue weighted by Crippen LogP contribution is -2.71. The van der Waals surface area contributed by atoms with E-state index in [1.807, 2.05) is 6.92 Å². The highest BCUT2D eigenvalue weighted by atomic mass is 32.2. The molecule has 0 aliphatic carbocycles. The molecule has 0 radical (unpaired) electrons. The van der Waals surface area contributed by atoms with E-state index in [0.29, 0.717) is 24.2 Å². The molecule has 2 unspecified atom stereocenters. The number of hydrogen-bond acceptors (Lipinski definition) is 13. The van der Waals surface area contributed by atoms with Crippen LogP contribution >= 0.6 is 23.3 Å². The van der Waals surface area contributed by atoms with E-state index < -0.39 is 46.5 Å². The van der Waals surface area contributed by atoms with Gasteiger partial charge in [0.1, 0.15) is 30.2 Å². The first-order valence-corrected chi connectivity index (χ1v) is 19.0. The lowest BCUT2D eigenvalue weighted by molar-refractivity contribution is -0.937. The molecule has 3 aliphatic heterocycles. The van der Waals surface area contributed by atoms with Crippen LogP contribution in [-0.2, 0) is 49.9 Å². The summed E-state index contributed by atoms with van der Waals surface area (Å²) in [5.41, 5.74) is 8.30. The molecular formula is C36H42N7O9S2+. The minimum atomic E-state index is -1.80. The van der Waals surface area contributed by atoms with Gasteiger partial charge in [0.2, 0.25) is 17.1 Å². The second-order valence-electron chi connectivity index (χ2n) is 14.8. The quantitative estimate of drug-likeness (QED) is 0.0482. The predicted octanol–water partition coefficient (Wildman–Crippen LogP) is 2.83. The summed E-state index contributed by atoms with van der Waals surface area (Å²) >= 11 is 2.12. The molecule has 54 heavy (non-hydrogen) atoms. The van der Waals surface area contributed by atoms with Crippen LogP contribution in [0.25, 0.3) is 0 Å². The van der Waals surface area contributed by atoms with Gasteiger partial charge in [-0.2, -0.15) is 9.36 Å². The number of aromatic nitrogens is 2. The van der Waals surface area contributed by atoms with Gasteiger partial charge in [0.15, 0.2) is 16.6 Å². The van der Waals surface area contributed by atoms with E-state index >= 15 is 0 Å². The molecule has 1 fully saturated rings. The maximum Gasteiger partial charge on any atom is 0.352 e. The third-order valence-corrected chi connectivity index (χ3v) is 11.7. The third-order valence-electron chi connectivity index (χ3n) is 9.82. The van der Waals surface area contributed by atoms with Crippen LogP contribution in [-0.4, -0.2) is 105 Å². The zero-order chi connectivity index (χ0) is 39.1. The fraction of sp³-hybridized carbons (Fsp3) is 0.417. The third kappa shape index (κ3) is 8.00. The van der Waals surface area contributed by atoms with Crippen molar-refractivity contribution in [1.82, 2.24) is 19.6 Å². The van der Waals surface area contributed by atoms with Gasteiger partial charge in [-0.05, 0) is 61.4 Å². The Kier molecular flexibility index (Phi) is 10.6. The Hall–Kier alpha value is -5.20. The Morgan fingerprint density at radius 3 is 2.41 bits per heavy atom. The number of aliphatic carboxylic acids is 2. The molecule has 4 atom stereocenters. The standard InChI is InChI=1S/C36H41N7O9S2/c1-18(11-19-5-7-20(8-6-19)15-43(4)10-9-21-13-24(44)25(45)14-22(21)16-43)12-23-17-53-32-27(31(47)42(32)28(23)33(48)49)38-30(46)26(29-39-35(37)54-41-29)40-52-36(2,3)34(50)51/h5-8,13-14,18,27,32H,9-12,15-17H2,1-4H3,(H6-,37,38,39,40,41,44,45,46,48,49,50,51)/p+1/t18?,27-,32-,43?/m1/s1. The second-order valence-corrected chi connectivity index (χ2v) is 16.7. The minimum Gasteiger partial charge on any atom is -0.504 e. The Balaban J connectivity index is 1.08. The number of hydrogen-bond donors (Lipinski definition) is 6. The fourth-order valence-corrected chi connectivity index (χ4v) is 8.74. The number of nitrogens with two attached hydrogens (primary N) is 1. The summed E-state index contributed by atoms with van der Waals surface area (Å²) in [5, 5.41) is 45.1. The van der Waals surface area contributed by atoms with Crippen molar-refractivity contribution < 1.29 is 48.9 Å². The van der Waals surface area contributed by atoms with Gasteiger partial charge in [-0.1, -0.05) is 36.3 Å². The van der Waals surface area contributed by atoms with Crippen molar-refractivity contribution >= 4 is 57.9 Å². The molecule has 3 aliphatic rings. The van der Waals surface area contributed by atoms with Gasteiger partial charge in [0.25, 0.3) is 11.8 Å². The van der Waals surface area contributed by atoms with E-state index in [0.717, 1.165) is 58.8 Å². The van der Waals surface area contributed by atoms with Crippen molar-refractivity contribution in [2.24, 2.45) is 11.1 Å². The number of carboxylic acids is 2. The summed E-state index contributed by atoms with van der Waals surface area (Å²) in [6.07, 6.45) is 1.95. The highest BCUT2D eigenvalue weighted by Crippen LogP contribution is 2.42. The Morgan fingerprint density at radius 2 is 1.78 bits per heavy atom. The molecule has 4 heterocycles. The molecule has 18 heteroatoms. The number of rotatable bonds is 13. The summed E-state index contributed by atoms with van der Waals surface area (Å²) in [4.78, 5) is 61.1. The molecule has 0 saturated carbocycles. The van der Waals surface area contributed by atoms with Gasteiger partial charge in [0.05, 0.1) is 13.6 Å². The van der Waals surface area contributed by atoms with Crippen molar-refractivity contribution in [3.8, 4) is 11.5 Å². The van der Waals surface area contributed by atoms with Gasteiger partial charge >= 0.3 is 11.9 Å². The number of benzene rings is 2. The van der Waals surface area contributed by atoms with Crippen LogP contribution in [0.1, 0.15) is 55.3 Å². The number of nitrogens with zero attached hydrogens (tertiary/aromatic N) is 5. The largest absolute Gasteiger partial charge is 0.504 e. The highest BCUT2D eigenvalue weighted by Gasteiger charge is 2.54. The molecule has 3 aromatic rings. The normalized spacial score (nSPS) is 21.8. The Labute approximate surface area is 319 Å². The average Bonchev–Trinajstić information content (AvgIpc) is 3.53. The van der Waals surface area contributed by atoms with Crippen molar-refractivity contribution in [3.05, 3.63) is 75.7 Å². The Bertz CT molecular complexity index is 2070. The zero-order valence-electron chi connectivity index (χ0n) is 30.1. The van der Waals surface area contributed by atoms with Crippen molar-refractivity contribution in [3.63, 3.8) is 0 Å². The van der Waals surface area contributed by atoms with E-state index in [2.05, 4.69) is 51.1 Å². The molecule has 2 aromatic carbocycles. The minimum absolute atomic E-state index is 0.0219. The zero-order valence-corrected chi connectivity index (χ0v) is 31.7. The van der Waals surface area contributed by atoms with Crippen LogP contribution in [0.3, 0.4) is 0 Å². The number of β-lactam (4-membered cyclic amide) rings is 1. The molecule has 6 rings (SSSR count). The molecule has 2 amide bonds. The summed E-state index contributed by atoms with van der Waals surface area (Å²) in [6, 6.07) is 10.6. The molecule has 7 N–H and O–H groups in total. The van der Waals surface area contributed by atoms with E-state index in [1.165, 1.54) is 36.1 Å². The average molecular weight is 781 g/mol. The summed E-state index contributed by atoms with van der Waals surface area (Å²) in [6.45, 7) is 6.95. The first-order valence-electron chi connectivity index (χ1n) is 17.2. The number of nitrogen functional groups attached to an aromatic ring is 1. The van der Waals surface area contributed by atoms with Gasteiger partial charge < -0.3 is 40.8 Å². The number of likely N-dealkylation sites (N-methyl/N-ethyl adjacent to an activating group) is 1. The number of phenolic OH excluding ortho intramolecular Hbond substituents is 2. The van der Waals surface area contributed by atoms with Crippen LogP contribution in [0.2, 0.25) is 0 Å². The van der Waals surface area contributed by atoms with Gasteiger partial charge in [-0.15, -0.1) is 11.8 Å². The number of phenols is 2. The molecule has 1 aromatic heterocycles. The van der Waals surface area contributed by atoms with Gasteiger partial charge in [0, 0.05) is 34.8 Å². The van der Waals surface area contributed by atoms with Crippen molar-refractivity contribution in [1.29, 1.82) is 0 Å². The number of aromatic hydroxyl groups is 2. The Morgan fingerprint density at radius 1 is 1.11 bits per heavy atom. The molecule has 16 nitrogen and oxygen atoms in total. The maximum atomic E-state index is 13.4. The number of carbonyl (C=O) groups excluding carboxylic acids is 2. The number of fused-ring (bicyclic) bond motifs is 2. The monoisotopic (exact) mass is 780 g/mol. The number of oxime groups is 1. The smallest absolute Gasteiger partial charge is 0.352 e. The van der Waals surface area contributed by atoms with Crippen LogP contribution in [0.15, 0.2) is 52.8 Å². The first-order chi connectivity index (χ1) is 25.4. The van der Waals surface area contributed by atoms with Gasteiger partial charge in [-0.25, -0.2) is 9.59 Å². The topological polar surface area (TPSA) is 238 Å². The number of anilines is 1. The lowest BCUT2D eigenvalue weighted by atomic mass is 9.92. The molecule has 0 bridgehead atoms. The van der Waals surface area contributed by atoms with Crippen LogP contribution < -0.4 is 11.1 Å². The van der Waals surface area contributed by atoms with Crippen molar-refractivity contribution in [2.45, 2.75) is 70.1 Å². The summed E-state index contributed by atoms with van der Waals surface area (Å²) < 4.78 is 4.73. The highest BCUT2D eigenvalue weighted by molar-refractivity contribution is 8.00. The molecule has 286 valence electrons. The number of nitrogens with one attached hydrogen (secondary N) is 1. The van der Waals surface area contributed by atoms with E-state index in [9.17, 15) is 39.6 Å². The summed E-state index contributed by atoms with van der Waals surface area (Å²) in [5.74, 6) is -4.12. The number of quaternary nitrogens is 1. The predicted molar refractivity (Wildman–Crippen MR) is 199 cm³/mol. The van der Waals surface area contributed by atoms with E-state index in [4.69, 9.17) is 10.6 Å². The lowest BCUT2D eigenvalue weighted by Gasteiger charge is -2.49. The second kappa shape index (κ2) is 14.9. The fourth-order valence-electron chi connectivity index (χ4n) is 6.94. The summed E-state index contributed by atoms with van der Waals surface area (Å²) in [7, 11) is 2.19. The maximum absolute atomic E-state index is 13.4. The molecule has 1 saturated heterocycles. The van der Waals surface area contributed by atoms with Crippen LogP contribution in [0, 0.1) is 5.92 Å². The van der Waals surface area contributed by atoms with Gasteiger partial charge in [-0.3, -0.25) is 14.5 Å². The van der Waals surface area contributed by atoms with Crippen molar-refractivity contribution in [2.75, 3.05) is 25.1 Å². The SMILES string of the molecule is CC(CC1=C(C(=O)O)N2C(=O)[C@@H](NC(=O)/C(=N\OC(C)(C)C(=O)O)c3nsc(N)n3)[C@H]2SC1)Cc1ccc(C[N+]2(C)CCc3cc(O)c(O)cc3C2)cc1. The number of thioether (sulfide) groups is 1. The first kappa shape index (κ1) is 38.5. The molecular weight excluding hydrogens is 739 g/mol. The van der Waals surface area contributed by atoms with E-state index in [1.54, 1.807) is 12.1 Å². The number of carboxylic acid groups (broad SMARTS) is 2. The van der Waals surface area contributed by atoms with Crippen LogP contribution in [0.4, 0.5) is 5.13 Å².